The number of benzene rings is 2. The molecule has 0 amide bonds. The van der Waals surface area contributed by atoms with Gasteiger partial charge in [0.05, 0.1) is 6.04 Å². The molecule has 37 heavy (non-hydrogen) atoms. The molecule has 0 aliphatic rings. The van der Waals surface area contributed by atoms with Crippen LogP contribution in [0.5, 0.6) is 0 Å². The summed E-state index contributed by atoms with van der Waals surface area (Å²) in [6.07, 6.45) is 15.3. The van der Waals surface area contributed by atoms with Crippen molar-refractivity contribution in [1.29, 1.82) is 0 Å². The van der Waals surface area contributed by atoms with Gasteiger partial charge in [0, 0.05) is 12.0 Å². The van der Waals surface area contributed by atoms with Gasteiger partial charge in [-0.2, -0.15) is 5.06 Å². The molecule has 2 aromatic carbocycles. The van der Waals surface area contributed by atoms with Crippen molar-refractivity contribution in [3.63, 3.8) is 0 Å². The first-order chi connectivity index (χ1) is 17.9. The zero-order valence-electron chi connectivity index (χ0n) is 23.9. The van der Waals surface area contributed by atoms with E-state index in [0.717, 1.165) is 32.0 Å². The molecule has 0 bridgehead atoms. The number of nitrogens with zero attached hydrogens (tertiary/aromatic N) is 1. The van der Waals surface area contributed by atoms with E-state index < -0.39 is 0 Å². The fraction of sp³-hybridized carbons (Fsp3) is 0.559. The first-order valence-electron chi connectivity index (χ1n) is 14.5. The van der Waals surface area contributed by atoms with Crippen molar-refractivity contribution >= 4 is 6.29 Å². The lowest BCUT2D eigenvalue weighted by Crippen LogP contribution is -2.48. The van der Waals surface area contributed by atoms with Gasteiger partial charge in [-0.05, 0) is 56.6 Å². The van der Waals surface area contributed by atoms with Crippen molar-refractivity contribution in [3.05, 3.63) is 84.4 Å². The van der Waals surface area contributed by atoms with Crippen molar-refractivity contribution in [2.75, 3.05) is 0 Å². The molecule has 0 N–H and O–H groups in total. The molecular formula is C34H51NO2. The van der Waals surface area contributed by atoms with Crippen molar-refractivity contribution in [2.24, 2.45) is 5.92 Å². The number of carbonyl (C=O) groups is 1. The third-order valence-corrected chi connectivity index (χ3v) is 7.28. The number of allylic oxidation sites excluding steroid dienone is 1. The highest BCUT2D eigenvalue weighted by Gasteiger charge is 2.38. The zero-order valence-corrected chi connectivity index (χ0v) is 23.9. The Morgan fingerprint density at radius 1 is 0.811 bits per heavy atom. The van der Waals surface area contributed by atoms with Crippen LogP contribution in [0.2, 0.25) is 0 Å². The second-order valence-electron chi connectivity index (χ2n) is 11.3. The lowest BCUT2D eigenvalue weighted by atomic mass is 9.89. The molecule has 2 rings (SSSR count). The van der Waals surface area contributed by atoms with E-state index >= 15 is 0 Å². The van der Waals surface area contributed by atoms with E-state index in [1.807, 2.05) is 6.08 Å². The summed E-state index contributed by atoms with van der Waals surface area (Å²) < 4.78 is 0. The number of hydroxylamine groups is 2. The van der Waals surface area contributed by atoms with Crippen LogP contribution >= 0.6 is 0 Å². The number of unbranched alkanes of at least 4 members (excludes halogenated alkanes) is 7. The Kier molecular flexibility index (Phi) is 14.5. The van der Waals surface area contributed by atoms with E-state index in [1.165, 1.54) is 49.7 Å². The van der Waals surface area contributed by atoms with Gasteiger partial charge in [-0.3, -0.25) is 4.84 Å². The molecule has 3 nitrogen and oxygen atoms in total. The predicted octanol–water partition coefficient (Wildman–Crippen LogP) is 9.81. The molecule has 0 radical (unpaired) electrons. The SMILES string of the molecule is C=CCCCCCCCCCC(ON(C(c1ccccc1)C(C)C)C(C)(C)CCC=O)c1ccccc1. The van der Waals surface area contributed by atoms with Gasteiger partial charge in [0.2, 0.25) is 0 Å². The van der Waals surface area contributed by atoms with Crippen LogP contribution in [0.4, 0.5) is 0 Å². The van der Waals surface area contributed by atoms with E-state index in [2.05, 4.69) is 100 Å². The van der Waals surface area contributed by atoms with Gasteiger partial charge in [-0.25, -0.2) is 0 Å². The molecule has 2 atom stereocenters. The molecular weight excluding hydrogens is 454 g/mol. The van der Waals surface area contributed by atoms with Crippen LogP contribution in [0.25, 0.3) is 0 Å². The first kappa shape index (κ1) is 31.0. The summed E-state index contributed by atoms with van der Waals surface area (Å²) in [6.45, 7) is 12.8. The molecule has 2 aromatic rings. The van der Waals surface area contributed by atoms with Gasteiger partial charge in [-0.1, -0.05) is 119 Å². The zero-order chi connectivity index (χ0) is 26.9. The van der Waals surface area contributed by atoms with Crippen LogP contribution in [0.3, 0.4) is 0 Å². The molecule has 0 aromatic heterocycles. The van der Waals surface area contributed by atoms with Crippen molar-refractivity contribution in [1.82, 2.24) is 5.06 Å². The Morgan fingerprint density at radius 3 is 1.89 bits per heavy atom. The Hall–Kier alpha value is -2.23. The second-order valence-corrected chi connectivity index (χ2v) is 11.3. The van der Waals surface area contributed by atoms with Crippen molar-refractivity contribution in [3.8, 4) is 0 Å². The van der Waals surface area contributed by atoms with Gasteiger partial charge in [0.25, 0.3) is 0 Å². The van der Waals surface area contributed by atoms with E-state index in [-0.39, 0.29) is 17.7 Å². The van der Waals surface area contributed by atoms with Gasteiger partial charge in [0.1, 0.15) is 12.4 Å². The van der Waals surface area contributed by atoms with E-state index in [9.17, 15) is 4.79 Å². The number of hydrogen-bond donors (Lipinski definition) is 0. The van der Waals surface area contributed by atoms with Crippen molar-refractivity contribution < 1.29 is 9.63 Å². The van der Waals surface area contributed by atoms with E-state index in [0.29, 0.717) is 12.3 Å². The fourth-order valence-corrected chi connectivity index (χ4v) is 5.14. The third kappa shape index (κ3) is 11.0. The minimum absolute atomic E-state index is 0.0192. The maximum atomic E-state index is 11.3. The number of carbonyl (C=O) groups excluding carboxylic acids is 1. The minimum atomic E-state index is -0.301. The first-order valence-corrected chi connectivity index (χ1v) is 14.5. The van der Waals surface area contributed by atoms with E-state index in [1.54, 1.807) is 0 Å². The lowest BCUT2D eigenvalue weighted by molar-refractivity contribution is -0.282. The maximum Gasteiger partial charge on any atom is 0.120 e. The highest BCUT2D eigenvalue weighted by Crippen LogP contribution is 2.40. The largest absolute Gasteiger partial charge is 0.303 e. The van der Waals surface area contributed by atoms with Crippen molar-refractivity contribution in [2.45, 2.75) is 116 Å². The highest BCUT2D eigenvalue weighted by molar-refractivity contribution is 5.49. The monoisotopic (exact) mass is 505 g/mol. The summed E-state index contributed by atoms with van der Waals surface area (Å²) in [5.74, 6) is 0.343. The average molecular weight is 506 g/mol. The number of aldehydes is 1. The molecule has 0 saturated heterocycles. The van der Waals surface area contributed by atoms with Crippen LogP contribution in [0.15, 0.2) is 73.3 Å². The molecule has 0 heterocycles. The third-order valence-electron chi connectivity index (χ3n) is 7.28. The minimum Gasteiger partial charge on any atom is -0.303 e. The molecule has 2 unspecified atom stereocenters. The fourth-order valence-electron chi connectivity index (χ4n) is 5.14. The van der Waals surface area contributed by atoms with Gasteiger partial charge in [0.15, 0.2) is 0 Å². The molecule has 0 aliphatic heterocycles. The van der Waals surface area contributed by atoms with E-state index in [4.69, 9.17) is 4.84 Å². The summed E-state index contributed by atoms with van der Waals surface area (Å²) >= 11 is 0. The van der Waals surface area contributed by atoms with Crippen LogP contribution in [-0.4, -0.2) is 16.9 Å². The molecule has 204 valence electrons. The summed E-state index contributed by atoms with van der Waals surface area (Å²) in [7, 11) is 0. The Morgan fingerprint density at radius 2 is 1.35 bits per heavy atom. The Balaban J connectivity index is 2.20. The van der Waals surface area contributed by atoms with Gasteiger partial charge < -0.3 is 4.79 Å². The number of rotatable bonds is 20. The topological polar surface area (TPSA) is 29.5 Å². The quantitative estimate of drug-likeness (QED) is 0.0776. The summed E-state index contributed by atoms with van der Waals surface area (Å²) in [5.41, 5.74) is 2.17. The maximum absolute atomic E-state index is 11.3. The molecule has 3 heteroatoms. The van der Waals surface area contributed by atoms with Crippen LogP contribution in [0.1, 0.15) is 122 Å². The smallest absolute Gasteiger partial charge is 0.120 e. The van der Waals surface area contributed by atoms with Crippen LogP contribution < -0.4 is 0 Å². The predicted molar refractivity (Wildman–Crippen MR) is 157 cm³/mol. The normalized spacial score (nSPS) is 13.6. The van der Waals surface area contributed by atoms with Crippen LogP contribution in [0, 0.1) is 5.92 Å². The Bertz CT molecular complexity index is 862. The summed E-state index contributed by atoms with van der Waals surface area (Å²) in [6, 6.07) is 21.4. The second kappa shape index (κ2) is 17.3. The molecule has 0 spiro atoms. The average Bonchev–Trinajstić information content (AvgIpc) is 2.90. The van der Waals surface area contributed by atoms with Gasteiger partial charge in [-0.15, -0.1) is 6.58 Å². The lowest BCUT2D eigenvalue weighted by Gasteiger charge is -2.46. The summed E-state index contributed by atoms with van der Waals surface area (Å²) in [4.78, 5) is 18.4. The van der Waals surface area contributed by atoms with Crippen LogP contribution in [-0.2, 0) is 9.63 Å². The molecule has 0 aliphatic carbocycles. The van der Waals surface area contributed by atoms with Gasteiger partial charge >= 0.3 is 0 Å². The standard InChI is InChI=1S/C34H51NO2/c1-6-7-8-9-10-11-12-13-20-26-32(30-22-16-14-17-23-30)37-35(34(4,5)27-21-28-36)33(29(2)3)31-24-18-15-19-25-31/h6,14-19,22-25,28-29,32-33H,1,7-13,20-21,26-27H2,2-5H3. The molecule has 0 saturated carbocycles. The summed E-state index contributed by atoms with van der Waals surface area (Å²) in [5, 5.41) is 2.23. The Labute approximate surface area is 227 Å². The number of hydrogen-bond acceptors (Lipinski definition) is 3. The highest BCUT2D eigenvalue weighted by atomic mass is 16.7. The molecule has 0 fully saturated rings.